The van der Waals surface area contributed by atoms with E-state index in [2.05, 4.69) is 4.98 Å². The highest BCUT2D eigenvalue weighted by atomic mass is 16.6. The molecule has 0 aliphatic rings. The van der Waals surface area contributed by atoms with Crippen LogP contribution in [0, 0.1) is 0 Å². The molecule has 0 fully saturated rings. The zero-order valence-electron chi connectivity index (χ0n) is 15.1. The van der Waals surface area contributed by atoms with Gasteiger partial charge in [0.05, 0.1) is 23.6 Å². The largest absolute Gasteiger partial charge is 0.443 e. The number of para-hydroxylation sites is 2. The first-order chi connectivity index (χ1) is 13.5. The van der Waals surface area contributed by atoms with Crippen molar-refractivity contribution in [2.45, 2.75) is 13.2 Å². The molecule has 0 saturated carbocycles. The third-order valence-electron chi connectivity index (χ3n) is 4.10. The summed E-state index contributed by atoms with van der Waals surface area (Å²) in [7, 11) is 0. The number of ether oxygens (including phenoxy) is 1. The molecule has 3 aromatic rings. The van der Waals surface area contributed by atoms with E-state index in [1.807, 2.05) is 6.07 Å². The minimum atomic E-state index is -0.553. The summed E-state index contributed by atoms with van der Waals surface area (Å²) in [6, 6.07) is 19.1. The predicted molar refractivity (Wildman–Crippen MR) is 106 cm³/mol. The van der Waals surface area contributed by atoms with Crippen LogP contribution in [0.3, 0.4) is 0 Å². The summed E-state index contributed by atoms with van der Waals surface area (Å²) >= 11 is 0. The molecule has 7 nitrogen and oxygen atoms in total. The van der Waals surface area contributed by atoms with E-state index in [9.17, 15) is 9.59 Å². The number of hydrogen-bond acceptors (Lipinski definition) is 5. The maximum Gasteiger partial charge on any atom is 0.415 e. The van der Waals surface area contributed by atoms with E-state index in [1.165, 1.54) is 4.90 Å². The number of rotatable bonds is 6. The number of aromatic nitrogens is 1. The fourth-order valence-corrected chi connectivity index (χ4v) is 2.64. The summed E-state index contributed by atoms with van der Waals surface area (Å²) in [6.45, 7) is 0.262. The van der Waals surface area contributed by atoms with Crippen molar-refractivity contribution in [3.63, 3.8) is 0 Å². The Labute approximate surface area is 162 Å². The molecule has 0 bridgehead atoms. The molecule has 28 heavy (non-hydrogen) atoms. The van der Waals surface area contributed by atoms with Gasteiger partial charge in [0.1, 0.15) is 6.61 Å². The van der Waals surface area contributed by atoms with Crippen molar-refractivity contribution in [3.8, 4) is 0 Å². The van der Waals surface area contributed by atoms with Crippen molar-refractivity contribution >= 4 is 23.4 Å². The van der Waals surface area contributed by atoms with E-state index in [4.69, 9.17) is 16.2 Å². The number of pyridine rings is 1. The molecular weight excluding hydrogens is 356 g/mol. The molecule has 0 aliphatic carbocycles. The Hall–Kier alpha value is -3.87. The second kappa shape index (κ2) is 8.68. The molecule has 0 saturated heterocycles. The molecule has 7 heteroatoms. The fraction of sp³-hybridized carbons (Fsp3) is 0.0952. The lowest BCUT2D eigenvalue weighted by Crippen LogP contribution is -2.31. The monoisotopic (exact) mass is 376 g/mol. The van der Waals surface area contributed by atoms with E-state index in [0.29, 0.717) is 22.6 Å². The van der Waals surface area contributed by atoms with Crippen LogP contribution in [0.4, 0.5) is 16.2 Å². The van der Waals surface area contributed by atoms with Crippen molar-refractivity contribution in [1.29, 1.82) is 0 Å². The van der Waals surface area contributed by atoms with Crippen LogP contribution >= 0.6 is 0 Å². The SMILES string of the molecule is NC(=O)c1ccc(CN(C(=O)OCc2ccccn2)c2ccccc2N)cc1. The smallest absolute Gasteiger partial charge is 0.415 e. The van der Waals surface area contributed by atoms with Crippen LogP contribution in [0.1, 0.15) is 21.6 Å². The molecule has 0 spiro atoms. The lowest BCUT2D eigenvalue weighted by atomic mass is 10.1. The van der Waals surface area contributed by atoms with Gasteiger partial charge in [-0.1, -0.05) is 30.3 Å². The highest BCUT2D eigenvalue weighted by Gasteiger charge is 2.20. The zero-order valence-corrected chi connectivity index (χ0v) is 15.1. The van der Waals surface area contributed by atoms with Gasteiger partial charge in [0, 0.05) is 11.8 Å². The van der Waals surface area contributed by atoms with Crippen LogP contribution in [0.2, 0.25) is 0 Å². The molecular formula is C21H20N4O3. The Kier molecular flexibility index (Phi) is 5.86. The van der Waals surface area contributed by atoms with E-state index in [0.717, 1.165) is 5.56 Å². The first kappa shape index (κ1) is 18.9. The molecule has 1 aromatic heterocycles. The average molecular weight is 376 g/mol. The molecule has 0 aliphatic heterocycles. The molecule has 0 atom stereocenters. The van der Waals surface area contributed by atoms with Gasteiger partial charge in [-0.25, -0.2) is 4.79 Å². The van der Waals surface area contributed by atoms with Gasteiger partial charge in [0.2, 0.25) is 5.91 Å². The lowest BCUT2D eigenvalue weighted by molar-refractivity contribution is 0.1000. The van der Waals surface area contributed by atoms with Gasteiger partial charge in [-0.3, -0.25) is 14.7 Å². The van der Waals surface area contributed by atoms with Gasteiger partial charge in [0.15, 0.2) is 0 Å². The highest BCUT2D eigenvalue weighted by molar-refractivity contribution is 5.93. The van der Waals surface area contributed by atoms with Crippen molar-refractivity contribution in [2.24, 2.45) is 5.73 Å². The summed E-state index contributed by atoms with van der Waals surface area (Å²) in [5, 5.41) is 0. The molecule has 2 aromatic carbocycles. The van der Waals surface area contributed by atoms with Gasteiger partial charge in [-0.2, -0.15) is 0 Å². The molecule has 3 rings (SSSR count). The molecule has 0 unspecified atom stereocenters. The number of nitrogens with two attached hydrogens (primary N) is 2. The molecule has 4 N–H and O–H groups in total. The Morgan fingerprint density at radius 2 is 1.68 bits per heavy atom. The number of anilines is 2. The van der Waals surface area contributed by atoms with Crippen molar-refractivity contribution in [3.05, 3.63) is 89.7 Å². The minimum Gasteiger partial charge on any atom is -0.443 e. The second-order valence-electron chi connectivity index (χ2n) is 6.08. The normalized spacial score (nSPS) is 10.3. The standard InChI is InChI=1S/C21H20N4O3/c22-18-6-1-2-7-19(18)25(13-15-8-10-16(11-9-15)20(23)26)21(27)28-14-17-5-3-4-12-24-17/h1-12H,13-14,22H2,(H2,23,26). The number of primary amides is 1. The van der Waals surface area contributed by atoms with E-state index in [-0.39, 0.29) is 13.2 Å². The topological polar surface area (TPSA) is 112 Å². The Bertz CT molecular complexity index is 959. The second-order valence-corrected chi connectivity index (χ2v) is 6.08. The number of nitrogens with zero attached hydrogens (tertiary/aromatic N) is 2. The Balaban J connectivity index is 1.81. The highest BCUT2D eigenvalue weighted by Crippen LogP contribution is 2.25. The molecule has 142 valence electrons. The van der Waals surface area contributed by atoms with Gasteiger partial charge in [-0.15, -0.1) is 0 Å². The van der Waals surface area contributed by atoms with Gasteiger partial charge >= 0.3 is 6.09 Å². The number of hydrogen-bond donors (Lipinski definition) is 2. The summed E-state index contributed by atoms with van der Waals surface area (Å²) in [5.74, 6) is -0.509. The van der Waals surface area contributed by atoms with Crippen molar-refractivity contribution in [2.75, 3.05) is 10.6 Å². The van der Waals surface area contributed by atoms with Crippen LogP contribution in [0.5, 0.6) is 0 Å². The van der Waals surface area contributed by atoms with Gasteiger partial charge < -0.3 is 16.2 Å². The van der Waals surface area contributed by atoms with Crippen LogP contribution in [-0.4, -0.2) is 17.0 Å². The predicted octanol–water partition coefficient (Wildman–Crippen LogP) is 3.11. The molecule has 0 radical (unpaired) electrons. The Morgan fingerprint density at radius 1 is 0.964 bits per heavy atom. The maximum absolute atomic E-state index is 12.8. The fourth-order valence-electron chi connectivity index (χ4n) is 2.64. The maximum atomic E-state index is 12.8. The third-order valence-corrected chi connectivity index (χ3v) is 4.10. The summed E-state index contributed by atoms with van der Waals surface area (Å²) in [4.78, 5) is 29.6. The molecule has 2 amide bonds. The quantitative estimate of drug-likeness (QED) is 0.642. The summed E-state index contributed by atoms with van der Waals surface area (Å²) in [6.07, 6.45) is 1.08. The van der Waals surface area contributed by atoms with Crippen LogP contribution < -0.4 is 16.4 Å². The van der Waals surface area contributed by atoms with Gasteiger partial charge in [0.25, 0.3) is 0 Å². The van der Waals surface area contributed by atoms with Gasteiger partial charge in [-0.05, 0) is 42.0 Å². The zero-order chi connectivity index (χ0) is 19.9. The third kappa shape index (κ3) is 4.64. The van der Waals surface area contributed by atoms with E-state index >= 15 is 0 Å². The summed E-state index contributed by atoms with van der Waals surface area (Å²) < 4.78 is 5.43. The molecule has 1 heterocycles. The Morgan fingerprint density at radius 3 is 2.32 bits per heavy atom. The minimum absolute atomic E-state index is 0.0452. The first-order valence-corrected chi connectivity index (χ1v) is 8.62. The number of carbonyl (C=O) groups is 2. The van der Waals surface area contributed by atoms with Crippen LogP contribution in [0.25, 0.3) is 0 Å². The van der Waals surface area contributed by atoms with Crippen LogP contribution in [0.15, 0.2) is 72.9 Å². The number of benzene rings is 2. The van der Waals surface area contributed by atoms with Crippen molar-refractivity contribution in [1.82, 2.24) is 4.98 Å². The lowest BCUT2D eigenvalue weighted by Gasteiger charge is -2.23. The number of carbonyl (C=O) groups excluding carboxylic acids is 2. The van der Waals surface area contributed by atoms with Crippen LogP contribution in [-0.2, 0) is 17.9 Å². The average Bonchev–Trinajstić information content (AvgIpc) is 2.72. The number of nitrogen functional groups attached to an aromatic ring is 1. The van der Waals surface area contributed by atoms with Crippen molar-refractivity contribution < 1.29 is 14.3 Å². The summed E-state index contributed by atoms with van der Waals surface area (Å²) in [5.41, 5.74) is 14.2. The van der Waals surface area contributed by atoms with E-state index in [1.54, 1.807) is 66.9 Å². The number of amides is 2. The van der Waals surface area contributed by atoms with E-state index < -0.39 is 12.0 Å². The first-order valence-electron chi connectivity index (χ1n) is 8.62.